The molecule has 6 nitrogen and oxygen atoms in total. The second-order valence-corrected chi connectivity index (χ2v) is 10.3. The number of allylic oxidation sites excluding steroid dienone is 1. The number of amides is 1. The Labute approximate surface area is 186 Å². The third kappa shape index (κ3) is 3.82. The number of nitriles is 1. The van der Waals surface area contributed by atoms with E-state index in [-0.39, 0.29) is 34.7 Å². The first-order chi connectivity index (χ1) is 14.5. The zero-order valence-electron chi connectivity index (χ0n) is 19.2. The molecule has 0 spiro atoms. The molecule has 3 saturated carbocycles. The van der Waals surface area contributed by atoms with Crippen molar-refractivity contribution in [3.8, 4) is 6.07 Å². The van der Waals surface area contributed by atoms with E-state index in [1.54, 1.807) is 11.8 Å². The van der Waals surface area contributed by atoms with Gasteiger partial charge in [-0.1, -0.05) is 44.1 Å². The normalized spacial score (nSPS) is 30.7. The molecule has 3 aliphatic carbocycles. The van der Waals surface area contributed by atoms with Crippen molar-refractivity contribution >= 4 is 11.9 Å². The minimum Gasteiger partial charge on any atom is -0.481 e. The fourth-order valence-electron chi connectivity index (χ4n) is 5.87. The van der Waals surface area contributed by atoms with Crippen LogP contribution in [0, 0.1) is 34.0 Å². The number of rotatable bonds is 6. The van der Waals surface area contributed by atoms with E-state index in [4.69, 9.17) is 10.8 Å². The number of nitrogens with zero attached hydrogens (tertiary/aromatic N) is 2. The largest absolute Gasteiger partial charge is 0.481 e. The molecule has 0 aromatic carbocycles. The third-order valence-corrected chi connectivity index (χ3v) is 8.76. The number of piperidine rings is 1. The number of likely N-dealkylation sites (tertiary alicyclic amines) is 1. The highest BCUT2D eigenvalue weighted by atomic mass is 16.4. The number of carboxylic acids is 1. The highest BCUT2D eigenvalue weighted by Gasteiger charge is 2.57. The minimum atomic E-state index is -0.697. The second kappa shape index (κ2) is 8.43. The lowest BCUT2D eigenvalue weighted by Gasteiger charge is -2.47. The van der Waals surface area contributed by atoms with Gasteiger partial charge in [-0.3, -0.25) is 9.59 Å². The molecule has 1 aliphatic heterocycles. The summed E-state index contributed by atoms with van der Waals surface area (Å²) < 4.78 is 0. The molecule has 1 saturated heterocycles. The van der Waals surface area contributed by atoms with Gasteiger partial charge in [0.05, 0.1) is 18.0 Å². The van der Waals surface area contributed by atoms with Gasteiger partial charge in [-0.05, 0) is 58.3 Å². The van der Waals surface area contributed by atoms with Gasteiger partial charge < -0.3 is 15.7 Å². The Hall–Kier alpha value is -2.13. The smallest absolute Gasteiger partial charge is 0.307 e. The SMILES string of the molecule is C=C(C)C1(C(C)C(=O)O)CCC1.C=C(C)C1([C@H](N)C(=O)N2C(C#N)CC3CC32)CCC1. The molecule has 31 heavy (non-hydrogen) atoms. The molecule has 1 heterocycles. The van der Waals surface area contributed by atoms with Crippen LogP contribution in [0.15, 0.2) is 24.3 Å². The molecule has 1 amide bonds. The molecule has 0 aromatic heterocycles. The number of aliphatic carboxylic acids is 1. The van der Waals surface area contributed by atoms with Crippen molar-refractivity contribution in [3.63, 3.8) is 0 Å². The minimum absolute atomic E-state index is 0.0285. The Morgan fingerprint density at radius 2 is 1.61 bits per heavy atom. The number of carboxylic acid groups (broad SMARTS) is 1. The average molecular weight is 428 g/mol. The average Bonchev–Trinajstić information content (AvgIpc) is 3.29. The predicted octanol–water partition coefficient (Wildman–Crippen LogP) is 4.03. The van der Waals surface area contributed by atoms with Gasteiger partial charge in [0.15, 0.2) is 0 Å². The number of carbonyl (C=O) groups is 2. The monoisotopic (exact) mass is 427 g/mol. The molecule has 5 atom stereocenters. The highest BCUT2D eigenvalue weighted by Crippen LogP contribution is 2.53. The Morgan fingerprint density at radius 1 is 1.10 bits per heavy atom. The van der Waals surface area contributed by atoms with Crippen molar-refractivity contribution in [2.24, 2.45) is 28.4 Å². The lowest BCUT2D eigenvalue weighted by Crippen LogP contribution is -2.58. The van der Waals surface area contributed by atoms with Crippen molar-refractivity contribution in [2.75, 3.05) is 0 Å². The Morgan fingerprint density at radius 3 is 1.94 bits per heavy atom. The summed E-state index contributed by atoms with van der Waals surface area (Å²) in [5, 5.41) is 18.1. The summed E-state index contributed by atoms with van der Waals surface area (Å²) >= 11 is 0. The third-order valence-electron chi connectivity index (χ3n) is 8.76. The molecule has 170 valence electrons. The van der Waals surface area contributed by atoms with Gasteiger partial charge in [-0.15, -0.1) is 0 Å². The molecule has 4 unspecified atom stereocenters. The van der Waals surface area contributed by atoms with Crippen LogP contribution in [0.2, 0.25) is 0 Å². The van der Waals surface area contributed by atoms with Crippen molar-refractivity contribution in [3.05, 3.63) is 24.3 Å². The fraction of sp³-hybridized carbons (Fsp3) is 0.720. The number of fused-ring (bicyclic) bond motifs is 1. The molecule has 4 fully saturated rings. The summed E-state index contributed by atoms with van der Waals surface area (Å²) in [4.78, 5) is 25.3. The van der Waals surface area contributed by atoms with Gasteiger partial charge in [-0.2, -0.15) is 5.26 Å². The van der Waals surface area contributed by atoms with E-state index < -0.39 is 12.0 Å². The van der Waals surface area contributed by atoms with Crippen LogP contribution in [0.1, 0.15) is 72.1 Å². The van der Waals surface area contributed by atoms with Crippen LogP contribution in [0.25, 0.3) is 0 Å². The number of hydrogen-bond donors (Lipinski definition) is 2. The summed E-state index contributed by atoms with van der Waals surface area (Å²) in [6.07, 6.45) is 8.04. The molecular weight excluding hydrogens is 390 g/mol. The van der Waals surface area contributed by atoms with Gasteiger partial charge in [0, 0.05) is 16.9 Å². The van der Waals surface area contributed by atoms with Crippen LogP contribution in [-0.4, -0.2) is 40.0 Å². The number of carbonyl (C=O) groups excluding carboxylic acids is 1. The first-order valence-electron chi connectivity index (χ1n) is 11.5. The van der Waals surface area contributed by atoms with Crippen LogP contribution in [-0.2, 0) is 9.59 Å². The summed E-state index contributed by atoms with van der Waals surface area (Å²) in [6.45, 7) is 13.6. The van der Waals surface area contributed by atoms with Gasteiger partial charge in [-0.25, -0.2) is 0 Å². The standard InChI is InChI=1S/C15H21N3O.C10H16O2/c1-9(2)15(4-3-5-15)13(17)14(19)18-11(8-16)6-10-7-12(10)18;1-7(2)10(5-4-6-10)8(3)9(11)12/h10-13H,1,3-7,17H2,2H3;8H,1,4-6H2,2-3H3,(H,11,12)/t10?,11?,12?,13-;/m1./s1. The van der Waals surface area contributed by atoms with Crippen LogP contribution < -0.4 is 5.73 Å². The van der Waals surface area contributed by atoms with E-state index in [1.165, 1.54) is 0 Å². The maximum atomic E-state index is 12.7. The van der Waals surface area contributed by atoms with Crippen molar-refractivity contribution in [2.45, 2.75) is 90.3 Å². The van der Waals surface area contributed by atoms with Crippen molar-refractivity contribution in [1.29, 1.82) is 5.26 Å². The summed E-state index contributed by atoms with van der Waals surface area (Å²) in [5.41, 5.74) is 8.01. The van der Waals surface area contributed by atoms with Crippen LogP contribution >= 0.6 is 0 Å². The molecular formula is C25H37N3O3. The van der Waals surface area contributed by atoms with Crippen molar-refractivity contribution in [1.82, 2.24) is 4.90 Å². The molecule has 6 heteroatoms. The number of nitrogens with two attached hydrogens (primary N) is 1. The van der Waals surface area contributed by atoms with Crippen molar-refractivity contribution < 1.29 is 14.7 Å². The highest BCUT2D eigenvalue weighted by molar-refractivity contribution is 5.85. The van der Waals surface area contributed by atoms with E-state index in [0.29, 0.717) is 5.92 Å². The summed E-state index contributed by atoms with van der Waals surface area (Å²) in [5.74, 6) is -0.455. The Bertz CT molecular complexity index is 818. The van der Waals surface area contributed by atoms with E-state index in [1.807, 2.05) is 13.8 Å². The molecule has 0 radical (unpaired) electrons. The van der Waals surface area contributed by atoms with E-state index in [9.17, 15) is 14.9 Å². The van der Waals surface area contributed by atoms with Gasteiger partial charge >= 0.3 is 5.97 Å². The maximum Gasteiger partial charge on any atom is 0.307 e. The first-order valence-corrected chi connectivity index (χ1v) is 11.5. The van der Waals surface area contributed by atoms with E-state index >= 15 is 0 Å². The zero-order chi connectivity index (χ0) is 23.1. The van der Waals surface area contributed by atoms with Gasteiger partial charge in [0.25, 0.3) is 0 Å². The van der Waals surface area contributed by atoms with Crippen LogP contribution in [0.5, 0.6) is 0 Å². The van der Waals surface area contributed by atoms with E-state index in [2.05, 4.69) is 19.2 Å². The molecule has 4 rings (SSSR count). The molecule has 0 aromatic rings. The topological polar surface area (TPSA) is 107 Å². The quantitative estimate of drug-likeness (QED) is 0.622. The summed E-state index contributed by atoms with van der Waals surface area (Å²) in [7, 11) is 0. The van der Waals surface area contributed by atoms with E-state index in [0.717, 1.165) is 62.5 Å². The summed E-state index contributed by atoms with van der Waals surface area (Å²) in [6, 6.07) is 1.76. The van der Waals surface area contributed by atoms with Gasteiger partial charge in [0.2, 0.25) is 5.91 Å². The number of hydrogen-bond acceptors (Lipinski definition) is 4. The van der Waals surface area contributed by atoms with Crippen LogP contribution in [0.4, 0.5) is 0 Å². The van der Waals surface area contributed by atoms with Gasteiger partial charge in [0.1, 0.15) is 6.04 Å². The van der Waals surface area contributed by atoms with Crippen LogP contribution in [0.3, 0.4) is 0 Å². The lowest BCUT2D eigenvalue weighted by atomic mass is 9.58. The fourth-order valence-corrected chi connectivity index (χ4v) is 5.87. The second-order valence-electron chi connectivity index (χ2n) is 10.3. The first kappa shape index (κ1) is 23.5. The maximum absolute atomic E-state index is 12.7. The lowest BCUT2D eigenvalue weighted by molar-refractivity contribution is -0.147. The zero-order valence-corrected chi connectivity index (χ0v) is 19.2. The molecule has 3 N–H and O–H groups in total. The Kier molecular flexibility index (Phi) is 6.40. The Balaban J connectivity index is 0.000000196. The predicted molar refractivity (Wildman–Crippen MR) is 120 cm³/mol. The molecule has 0 bridgehead atoms. The molecule has 4 aliphatic rings.